The van der Waals surface area contributed by atoms with E-state index in [9.17, 15) is 4.79 Å². The fourth-order valence-corrected chi connectivity index (χ4v) is 3.57. The van der Waals surface area contributed by atoms with E-state index in [2.05, 4.69) is 6.92 Å². The van der Waals surface area contributed by atoms with E-state index in [1.165, 1.54) is 32.1 Å². The summed E-state index contributed by atoms with van der Waals surface area (Å²) < 4.78 is 0. The third kappa shape index (κ3) is 7.52. The molecule has 21 heavy (non-hydrogen) atoms. The highest BCUT2D eigenvalue weighted by molar-refractivity contribution is 7.99. The molecule has 1 atom stereocenters. The van der Waals surface area contributed by atoms with Gasteiger partial charge < -0.3 is 15.7 Å². The number of nitrogens with two attached hydrogens (primary N) is 1. The summed E-state index contributed by atoms with van der Waals surface area (Å²) in [5.74, 6) is 2.15. The van der Waals surface area contributed by atoms with Gasteiger partial charge in [0.1, 0.15) is 0 Å². The normalized spacial score (nSPS) is 18.0. The molecule has 0 spiro atoms. The molecule has 0 aromatic heterocycles. The summed E-state index contributed by atoms with van der Waals surface area (Å²) in [4.78, 5) is 14.2. The van der Waals surface area contributed by atoms with Gasteiger partial charge in [-0.1, -0.05) is 39.0 Å². The minimum atomic E-state index is -0.414. The van der Waals surface area contributed by atoms with Gasteiger partial charge in [0.2, 0.25) is 5.91 Å². The Balaban J connectivity index is 2.17. The number of unbranched alkanes of at least 4 members (excludes halogenated alkanes) is 3. The Labute approximate surface area is 133 Å². The summed E-state index contributed by atoms with van der Waals surface area (Å²) in [5.41, 5.74) is 5.94. The fraction of sp³-hybridized carbons (Fsp3) is 0.938. The standard InChI is InChI=1S/C16H32N2O2S/c1-2-3-4-5-6-14-7-9-18(10-8-14)16(20)15(17)13-21-12-11-19/h14-15,19H,2-13,17H2,1H3. The van der Waals surface area contributed by atoms with Crippen molar-refractivity contribution in [3.05, 3.63) is 0 Å². The number of amides is 1. The van der Waals surface area contributed by atoms with Gasteiger partial charge in [-0.05, 0) is 18.8 Å². The van der Waals surface area contributed by atoms with E-state index in [4.69, 9.17) is 10.8 Å². The van der Waals surface area contributed by atoms with Crippen LogP contribution in [0.3, 0.4) is 0 Å². The van der Waals surface area contributed by atoms with Crippen LogP contribution in [0.25, 0.3) is 0 Å². The summed E-state index contributed by atoms with van der Waals surface area (Å²) in [6.07, 6.45) is 8.91. The van der Waals surface area contributed by atoms with E-state index < -0.39 is 6.04 Å². The van der Waals surface area contributed by atoms with Gasteiger partial charge in [-0.3, -0.25) is 4.79 Å². The second-order valence-corrected chi connectivity index (χ2v) is 7.17. The number of likely N-dealkylation sites (tertiary alicyclic amines) is 1. The van der Waals surface area contributed by atoms with Crippen molar-refractivity contribution in [2.45, 2.75) is 57.9 Å². The molecule has 1 amide bonds. The monoisotopic (exact) mass is 316 g/mol. The second-order valence-electron chi connectivity index (χ2n) is 6.02. The highest BCUT2D eigenvalue weighted by Crippen LogP contribution is 2.23. The van der Waals surface area contributed by atoms with E-state index in [-0.39, 0.29) is 12.5 Å². The van der Waals surface area contributed by atoms with Gasteiger partial charge in [0.25, 0.3) is 0 Å². The topological polar surface area (TPSA) is 66.6 Å². The lowest BCUT2D eigenvalue weighted by Crippen LogP contribution is -2.48. The molecule has 5 heteroatoms. The van der Waals surface area contributed by atoms with Crippen molar-refractivity contribution < 1.29 is 9.90 Å². The van der Waals surface area contributed by atoms with Gasteiger partial charge in [-0.25, -0.2) is 0 Å². The third-order valence-electron chi connectivity index (χ3n) is 4.24. The molecule has 0 radical (unpaired) electrons. The van der Waals surface area contributed by atoms with Crippen LogP contribution in [-0.2, 0) is 4.79 Å². The van der Waals surface area contributed by atoms with Crippen molar-refractivity contribution in [2.24, 2.45) is 11.7 Å². The largest absolute Gasteiger partial charge is 0.396 e. The van der Waals surface area contributed by atoms with E-state index in [1.54, 1.807) is 11.8 Å². The molecule has 4 nitrogen and oxygen atoms in total. The molecule has 1 unspecified atom stereocenters. The van der Waals surface area contributed by atoms with Gasteiger partial charge in [-0.15, -0.1) is 0 Å². The molecule has 1 aliphatic heterocycles. The minimum absolute atomic E-state index is 0.0878. The Hall–Kier alpha value is -0.260. The molecule has 1 rings (SSSR count). The smallest absolute Gasteiger partial charge is 0.240 e. The molecular weight excluding hydrogens is 284 g/mol. The zero-order valence-electron chi connectivity index (χ0n) is 13.4. The summed E-state index contributed by atoms with van der Waals surface area (Å²) >= 11 is 1.55. The van der Waals surface area contributed by atoms with Crippen LogP contribution in [0.5, 0.6) is 0 Å². The van der Waals surface area contributed by atoms with Crippen LogP contribution < -0.4 is 5.73 Å². The van der Waals surface area contributed by atoms with Crippen molar-refractivity contribution in [1.29, 1.82) is 0 Å². The predicted octanol–water partition coefficient (Wildman–Crippen LogP) is 2.25. The summed E-state index contributed by atoms with van der Waals surface area (Å²) in [6, 6.07) is -0.414. The minimum Gasteiger partial charge on any atom is -0.396 e. The van der Waals surface area contributed by atoms with E-state index in [0.29, 0.717) is 11.5 Å². The number of aliphatic hydroxyl groups is 1. The molecule has 1 fully saturated rings. The van der Waals surface area contributed by atoms with E-state index in [0.717, 1.165) is 31.8 Å². The number of nitrogens with zero attached hydrogens (tertiary/aromatic N) is 1. The fourth-order valence-electron chi connectivity index (χ4n) is 2.88. The molecule has 0 bridgehead atoms. The molecule has 0 saturated carbocycles. The summed E-state index contributed by atoms with van der Waals surface area (Å²) in [5, 5.41) is 8.74. The summed E-state index contributed by atoms with van der Waals surface area (Å²) in [7, 11) is 0. The van der Waals surface area contributed by atoms with Crippen molar-refractivity contribution in [3.63, 3.8) is 0 Å². The van der Waals surface area contributed by atoms with Crippen molar-refractivity contribution in [2.75, 3.05) is 31.2 Å². The summed E-state index contributed by atoms with van der Waals surface area (Å²) in [6.45, 7) is 4.13. The first-order chi connectivity index (χ1) is 10.2. The number of hydrogen-bond acceptors (Lipinski definition) is 4. The second kappa shape index (κ2) is 11.3. The van der Waals surface area contributed by atoms with Gasteiger partial charge in [0, 0.05) is 24.6 Å². The molecule has 0 aromatic carbocycles. The van der Waals surface area contributed by atoms with Crippen LogP contribution >= 0.6 is 11.8 Å². The van der Waals surface area contributed by atoms with Crippen molar-refractivity contribution in [3.8, 4) is 0 Å². The van der Waals surface area contributed by atoms with Gasteiger partial charge in [0.05, 0.1) is 12.6 Å². The molecule has 0 aromatic rings. The van der Waals surface area contributed by atoms with Crippen LogP contribution in [0, 0.1) is 5.92 Å². The Morgan fingerprint density at radius 3 is 2.67 bits per heavy atom. The van der Waals surface area contributed by atoms with E-state index >= 15 is 0 Å². The SMILES string of the molecule is CCCCCCC1CCN(C(=O)C(N)CSCCO)CC1. The lowest BCUT2D eigenvalue weighted by atomic mass is 9.91. The molecule has 3 N–H and O–H groups in total. The number of piperidine rings is 1. The first-order valence-electron chi connectivity index (χ1n) is 8.42. The average Bonchev–Trinajstić information content (AvgIpc) is 2.51. The zero-order chi connectivity index (χ0) is 15.5. The van der Waals surface area contributed by atoms with Crippen molar-refractivity contribution in [1.82, 2.24) is 4.90 Å². The van der Waals surface area contributed by atoms with E-state index in [1.807, 2.05) is 4.90 Å². The highest BCUT2D eigenvalue weighted by atomic mass is 32.2. The molecular formula is C16H32N2O2S. The van der Waals surface area contributed by atoms with Gasteiger partial charge in [-0.2, -0.15) is 11.8 Å². The Morgan fingerprint density at radius 1 is 1.33 bits per heavy atom. The first-order valence-corrected chi connectivity index (χ1v) is 9.57. The third-order valence-corrected chi connectivity index (χ3v) is 5.31. The number of hydrogen-bond donors (Lipinski definition) is 2. The number of aliphatic hydroxyl groups excluding tert-OH is 1. The lowest BCUT2D eigenvalue weighted by molar-refractivity contribution is -0.133. The number of rotatable bonds is 10. The van der Waals surface area contributed by atoms with Gasteiger partial charge >= 0.3 is 0 Å². The quantitative estimate of drug-likeness (QED) is 0.607. The maximum atomic E-state index is 12.2. The van der Waals surface area contributed by atoms with Crippen LogP contribution in [0.4, 0.5) is 0 Å². The van der Waals surface area contributed by atoms with Gasteiger partial charge in [0.15, 0.2) is 0 Å². The number of carbonyl (C=O) groups is 1. The molecule has 124 valence electrons. The molecule has 1 saturated heterocycles. The zero-order valence-corrected chi connectivity index (χ0v) is 14.2. The molecule has 1 aliphatic rings. The average molecular weight is 317 g/mol. The number of carbonyl (C=O) groups excluding carboxylic acids is 1. The van der Waals surface area contributed by atoms with Crippen LogP contribution in [-0.4, -0.2) is 53.2 Å². The maximum Gasteiger partial charge on any atom is 0.240 e. The molecule has 0 aliphatic carbocycles. The van der Waals surface area contributed by atoms with Crippen LogP contribution in [0.15, 0.2) is 0 Å². The maximum absolute atomic E-state index is 12.2. The van der Waals surface area contributed by atoms with Crippen molar-refractivity contribution >= 4 is 17.7 Å². The number of thioether (sulfide) groups is 1. The highest BCUT2D eigenvalue weighted by Gasteiger charge is 2.25. The van der Waals surface area contributed by atoms with Crippen LogP contribution in [0.2, 0.25) is 0 Å². The first kappa shape index (κ1) is 18.8. The predicted molar refractivity (Wildman–Crippen MR) is 90.4 cm³/mol. The van der Waals surface area contributed by atoms with Crippen LogP contribution in [0.1, 0.15) is 51.9 Å². The lowest BCUT2D eigenvalue weighted by Gasteiger charge is -2.33. The Bertz CT molecular complexity index is 281. The molecule has 1 heterocycles. The Kier molecular flexibility index (Phi) is 10.1. The Morgan fingerprint density at radius 2 is 2.05 bits per heavy atom.